The van der Waals surface area contributed by atoms with Crippen LogP contribution in [0.5, 0.6) is 0 Å². The van der Waals surface area contributed by atoms with E-state index in [1.54, 1.807) is 18.4 Å². The number of thiophene rings is 1. The molecule has 0 spiro atoms. The number of benzene rings is 2. The van der Waals surface area contributed by atoms with Crippen molar-refractivity contribution in [3.8, 4) is 0 Å². The molecule has 0 atom stereocenters. The van der Waals surface area contributed by atoms with E-state index in [9.17, 15) is 4.79 Å². The lowest BCUT2D eigenvalue weighted by atomic mass is 10.1. The lowest BCUT2D eigenvalue weighted by Crippen LogP contribution is -2.22. The van der Waals surface area contributed by atoms with E-state index in [1.165, 1.54) is 22.5 Å². The molecule has 2 aromatic carbocycles. The number of para-hydroxylation sites is 1. The van der Waals surface area contributed by atoms with Gasteiger partial charge in [-0.1, -0.05) is 48.0 Å². The second-order valence-corrected chi connectivity index (χ2v) is 8.77. The summed E-state index contributed by atoms with van der Waals surface area (Å²) in [5.74, 6) is 0.548. The Bertz CT molecular complexity index is 1430. The number of nitrogens with one attached hydrogen (secondary N) is 1. The van der Waals surface area contributed by atoms with Crippen molar-refractivity contribution in [2.24, 2.45) is 4.99 Å². The highest BCUT2D eigenvalue weighted by Crippen LogP contribution is 2.28. The van der Waals surface area contributed by atoms with Crippen LogP contribution in [0, 0.1) is 6.92 Å². The molecule has 0 aliphatic heterocycles. The number of hydrogen-bond acceptors (Lipinski definition) is 4. The van der Waals surface area contributed by atoms with Gasteiger partial charge in [0, 0.05) is 35.4 Å². The number of hydrogen-bond donors (Lipinski definition) is 1. The van der Waals surface area contributed by atoms with E-state index in [0.717, 1.165) is 23.0 Å². The number of carbonyl (C=O) groups is 1. The van der Waals surface area contributed by atoms with Gasteiger partial charge in [0.2, 0.25) is 0 Å². The highest BCUT2D eigenvalue weighted by molar-refractivity contribution is 7.14. The number of aryl methyl sites for hydroxylation is 1. The zero-order valence-corrected chi connectivity index (χ0v) is 19.0. The standard InChI is InChI=1S/C27H23N3O2S/c1-19-6-4-7-20(14-19)17-30-18-21(23-9-2-3-10-25(23)30)15-29-27-24(11-13-33-27)26(31)28-16-22-8-5-12-32-22/h2-15,18H,16-17H2,1H3,(H,28,31)/b29-15+. The molecule has 5 nitrogen and oxygen atoms in total. The predicted molar refractivity (Wildman–Crippen MR) is 134 cm³/mol. The fourth-order valence-electron chi connectivity index (χ4n) is 3.89. The van der Waals surface area contributed by atoms with Crippen LogP contribution in [0.3, 0.4) is 0 Å². The smallest absolute Gasteiger partial charge is 0.254 e. The Balaban J connectivity index is 1.39. The summed E-state index contributed by atoms with van der Waals surface area (Å²) in [4.78, 5) is 17.3. The van der Waals surface area contributed by atoms with Crippen LogP contribution >= 0.6 is 11.3 Å². The zero-order chi connectivity index (χ0) is 22.6. The molecule has 0 fully saturated rings. The van der Waals surface area contributed by atoms with Crippen molar-refractivity contribution in [3.05, 3.63) is 113 Å². The lowest BCUT2D eigenvalue weighted by Gasteiger charge is -2.06. The van der Waals surface area contributed by atoms with E-state index in [0.29, 0.717) is 22.9 Å². The minimum Gasteiger partial charge on any atom is -0.467 e. The third kappa shape index (κ3) is 4.66. The molecule has 164 valence electrons. The van der Waals surface area contributed by atoms with E-state index in [4.69, 9.17) is 4.42 Å². The Labute approximate surface area is 196 Å². The van der Waals surface area contributed by atoms with Gasteiger partial charge in [-0.15, -0.1) is 11.3 Å². The van der Waals surface area contributed by atoms with Gasteiger partial charge in [0.15, 0.2) is 0 Å². The highest BCUT2D eigenvalue weighted by atomic mass is 32.1. The summed E-state index contributed by atoms with van der Waals surface area (Å²) in [6, 6.07) is 22.3. The Morgan fingerprint density at radius 1 is 1.12 bits per heavy atom. The van der Waals surface area contributed by atoms with Gasteiger partial charge in [-0.2, -0.15) is 0 Å². The number of fused-ring (bicyclic) bond motifs is 1. The Morgan fingerprint density at radius 2 is 2.03 bits per heavy atom. The van der Waals surface area contributed by atoms with E-state index in [-0.39, 0.29) is 5.91 Å². The summed E-state index contributed by atoms with van der Waals surface area (Å²) < 4.78 is 7.53. The summed E-state index contributed by atoms with van der Waals surface area (Å²) in [7, 11) is 0. The van der Waals surface area contributed by atoms with Crippen LogP contribution in [0.1, 0.15) is 32.8 Å². The third-order valence-electron chi connectivity index (χ3n) is 5.47. The second kappa shape index (κ2) is 9.30. The van der Waals surface area contributed by atoms with Crippen LogP contribution in [0.4, 0.5) is 5.00 Å². The number of amides is 1. The zero-order valence-electron chi connectivity index (χ0n) is 18.2. The molecule has 0 aliphatic carbocycles. The van der Waals surface area contributed by atoms with Gasteiger partial charge >= 0.3 is 0 Å². The molecule has 0 aliphatic rings. The maximum Gasteiger partial charge on any atom is 0.254 e. The SMILES string of the molecule is Cc1cccc(Cn2cc(/C=N/c3sccc3C(=O)NCc3ccco3)c3ccccc32)c1. The summed E-state index contributed by atoms with van der Waals surface area (Å²) >= 11 is 1.45. The molecule has 33 heavy (non-hydrogen) atoms. The van der Waals surface area contributed by atoms with Crippen LogP contribution in [0.25, 0.3) is 10.9 Å². The molecule has 0 unspecified atom stereocenters. The Morgan fingerprint density at radius 3 is 2.88 bits per heavy atom. The Hall–Kier alpha value is -3.90. The second-order valence-electron chi connectivity index (χ2n) is 7.88. The van der Waals surface area contributed by atoms with Crippen molar-refractivity contribution in [1.29, 1.82) is 0 Å². The van der Waals surface area contributed by atoms with E-state index >= 15 is 0 Å². The first-order valence-electron chi connectivity index (χ1n) is 10.7. The van der Waals surface area contributed by atoms with Gasteiger partial charge in [-0.3, -0.25) is 4.79 Å². The minimum absolute atomic E-state index is 0.165. The molecule has 0 saturated carbocycles. The molecule has 5 aromatic rings. The van der Waals surface area contributed by atoms with E-state index < -0.39 is 0 Å². The van der Waals surface area contributed by atoms with Gasteiger partial charge in [0.25, 0.3) is 5.91 Å². The molecule has 1 N–H and O–H groups in total. The molecular formula is C27H23N3O2S. The number of carbonyl (C=O) groups excluding carboxylic acids is 1. The number of furan rings is 1. The minimum atomic E-state index is -0.165. The van der Waals surface area contributed by atoms with E-state index in [1.807, 2.05) is 23.7 Å². The van der Waals surface area contributed by atoms with Gasteiger partial charge in [0.1, 0.15) is 10.8 Å². The molecule has 0 saturated heterocycles. The summed E-state index contributed by atoms with van der Waals surface area (Å²) in [5, 5.41) is 6.59. The first-order chi connectivity index (χ1) is 16.2. The fraction of sp³-hybridized carbons (Fsp3) is 0.111. The molecule has 0 radical (unpaired) electrons. The maximum atomic E-state index is 12.7. The molecular weight excluding hydrogens is 430 g/mol. The van der Waals surface area contributed by atoms with Crippen LogP contribution in [0.2, 0.25) is 0 Å². The first-order valence-corrected chi connectivity index (χ1v) is 11.6. The van der Waals surface area contributed by atoms with Crippen molar-refractivity contribution >= 4 is 39.4 Å². The largest absolute Gasteiger partial charge is 0.467 e. The summed E-state index contributed by atoms with van der Waals surface area (Å²) in [6.45, 7) is 3.24. The molecule has 3 aromatic heterocycles. The Kier molecular flexibility index (Phi) is 5.91. The predicted octanol–water partition coefficient (Wildman–Crippen LogP) is 6.33. The van der Waals surface area contributed by atoms with Crippen molar-refractivity contribution in [2.45, 2.75) is 20.0 Å². The number of rotatable bonds is 7. The number of aromatic nitrogens is 1. The van der Waals surface area contributed by atoms with Gasteiger partial charge < -0.3 is 14.3 Å². The molecule has 5 rings (SSSR count). The van der Waals surface area contributed by atoms with Crippen LogP contribution in [-0.4, -0.2) is 16.7 Å². The monoisotopic (exact) mass is 453 g/mol. The quantitative estimate of drug-likeness (QED) is 0.293. The van der Waals surface area contributed by atoms with Crippen LogP contribution < -0.4 is 5.32 Å². The average molecular weight is 454 g/mol. The van der Waals surface area contributed by atoms with Crippen molar-refractivity contribution in [2.75, 3.05) is 0 Å². The molecule has 3 heterocycles. The van der Waals surface area contributed by atoms with Crippen LogP contribution in [0.15, 0.2) is 94.0 Å². The fourth-order valence-corrected chi connectivity index (χ4v) is 4.63. The van der Waals surface area contributed by atoms with Gasteiger partial charge in [-0.05, 0) is 42.1 Å². The van der Waals surface area contributed by atoms with Gasteiger partial charge in [-0.25, -0.2) is 4.99 Å². The van der Waals surface area contributed by atoms with E-state index in [2.05, 4.69) is 70.5 Å². The summed E-state index contributed by atoms with van der Waals surface area (Å²) in [5.41, 5.74) is 5.25. The molecule has 6 heteroatoms. The van der Waals surface area contributed by atoms with Crippen molar-refractivity contribution < 1.29 is 9.21 Å². The van der Waals surface area contributed by atoms with Crippen molar-refractivity contribution in [3.63, 3.8) is 0 Å². The third-order valence-corrected chi connectivity index (χ3v) is 6.29. The molecule has 1 amide bonds. The highest BCUT2D eigenvalue weighted by Gasteiger charge is 2.13. The number of aliphatic imine (C=N–C) groups is 1. The topological polar surface area (TPSA) is 59.5 Å². The van der Waals surface area contributed by atoms with Gasteiger partial charge in [0.05, 0.1) is 18.4 Å². The lowest BCUT2D eigenvalue weighted by molar-refractivity contribution is 0.0949. The normalized spacial score (nSPS) is 11.4. The average Bonchev–Trinajstić information content (AvgIpc) is 3.57. The summed E-state index contributed by atoms with van der Waals surface area (Å²) in [6.07, 6.45) is 5.57. The van der Waals surface area contributed by atoms with Crippen molar-refractivity contribution in [1.82, 2.24) is 9.88 Å². The molecule has 0 bridgehead atoms. The van der Waals surface area contributed by atoms with Crippen LogP contribution in [-0.2, 0) is 13.1 Å². The maximum absolute atomic E-state index is 12.7. The first kappa shape index (κ1) is 21.0. The number of nitrogens with zero attached hydrogens (tertiary/aromatic N) is 2.